The Bertz CT molecular complexity index is 875. The van der Waals surface area contributed by atoms with Crippen molar-refractivity contribution in [1.29, 1.82) is 0 Å². The molecule has 0 radical (unpaired) electrons. The van der Waals surface area contributed by atoms with E-state index < -0.39 is 0 Å². The van der Waals surface area contributed by atoms with Crippen LogP contribution in [0.2, 0.25) is 0 Å². The van der Waals surface area contributed by atoms with Gasteiger partial charge >= 0.3 is 0 Å². The van der Waals surface area contributed by atoms with Gasteiger partial charge in [-0.2, -0.15) is 5.10 Å². The van der Waals surface area contributed by atoms with Crippen molar-refractivity contribution in [3.8, 4) is 5.75 Å². The highest BCUT2D eigenvalue weighted by Gasteiger charge is 2.23. The van der Waals surface area contributed by atoms with E-state index >= 15 is 0 Å². The van der Waals surface area contributed by atoms with Gasteiger partial charge in [0, 0.05) is 44.0 Å². The van der Waals surface area contributed by atoms with E-state index in [1.54, 1.807) is 7.11 Å². The fraction of sp³-hybridized carbons (Fsp3) is 0.583. The SMILES string of the molecule is CCNC(=NCc1c(CC)nn(C)c1CC)NC1CCCN(c2ccccc2OC)C1. The lowest BCUT2D eigenvalue weighted by atomic mass is 10.0. The Kier molecular flexibility index (Phi) is 8.20. The summed E-state index contributed by atoms with van der Waals surface area (Å²) in [7, 11) is 3.77. The van der Waals surface area contributed by atoms with Gasteiger partial charge in [-0.25, -0.2) is 4.99 Å². The number of nitrogens with zero attached hydrogens (tertiary/aromatic N) is 4. The van der Waals surface area contributed by atoms with Crippen LogP contribution in [0.5, 0.6) is 5.75 Å². The Morgan fingerprint density at radius 1 is 1.23 bits per heavy atom. The smallest absolute Gasteiger partial charge is 0.191 e. The average Bonchev–Trinajstić information content (AvgIpc) is 3.12. The molecule has 0 amide bonds. The van der Waals surface area contributed by atoms with Crippen molar-refractivity contribution in [2.45, 2.75) is 59.0 Å². The quantitative estimate of drug-likeness (QED) is 0.501. The number of guanidine groups is 1. The number of aromatic nitrogens is 2. The minimum atomic E-state index is 0.335. The molecule has 1 atom stereocenters. The summed E-state index contributed by atoms with van der Waals surface area (Å²) in [6.45, 7) is 9.91. The van der Waals surface area contributed by atoms with Gasteiger partial charge in [-0.05, 0) is 44.7 Å². The maximum atomic E-state index is 5.58. The molecular weight excluding hydrogens is 388 g/mol. The highest BCUT2D eigenvalue weighted by molar-refractivity contribution is 5.80. The third-order valence-electron chi connectivity index (χ3n) is 5.96. The Labute approximate surface area is 186 Å². The zero-order valence-corrected chi connectivity index (χ0v) is 19.7. The number of aryl methyl sites for hydroxylation is 2. The topological polar surface area (TPSA) is 66.7 Å². The van der Waals surface area contributed by atoms with Crippen molar-refractivity contribution in [3.05, 3.63) is 41.2 Å². The van der Waals surface area contributed by atoms with Gasteiger partial charge in [0.05, 0.1) is 25.0 Å². The van der Waals surface area contributed by atoms with Crippen LogP contribution in [-0.2, 0) is 26.4 Å². The summed E-state index contributed by atoms with van der Waals surface area (Å²) in [6.07, 6.45) is 4.16. The summed E-state index contributed by atoms with van der Waals surface area (Å²) in [6, 6.07) is 8.60. The third kappa shape index (κ3) is 5.51. The molecule has 2 N–H and O–H groups in total. The van der Waals surface area contributed by atoms with Gasteiger partial charge in [-0.15, -0.1) is 0 Å². The van der Waals surface area contributed by atoms with Gasteiger partial charge in [0.25, 0.3) is 0 Å². The van der Waals surface area contributed by atoms with E-state index in [0.29, 0.717) is 12.6 Å². The number of hydrogen-bond donors (Lipinski definition) is 2. The standard InChI is InChI=1S/C24H38N6O/c1-6-20-19(21(7-2)29(4)28-20)16-26-24(25-8-3)27-18-12-11-15-30(17-18)22-13-9-10-14-23(22)31-5/h9-10,13-14,18H,6-8,11-12,15-17H2,1-5H3,(H2,25,26,27). The van der Waals surface area contributed by atoms with Crippen LogP contribution in [0.3, 0.4) is 0 Å². The second-order valence-electron chi connectivity index (χ2n) is 8.00. The van der Waals surface area contributed by atoms with Crippen molar-refractivity contribution < 1.29 is 4.74 Å². The van der Waals surface area contributed by atoms with Crippen molar-refractivity contribution in [2.24, 2.45) is 12.0 Å². The second kappa shape index (κ2) is 11.1. The molecule has 1 fully saturated rings. The molecule has 2 aromatic rings. The third-order valence-corrected chi connectivity index (χ3v) is 5.96. The summed E-state index contributed by atoms with van der Waals surface area (Å²) < 4.78 is 7.59. The summed E-state index contributed by atoms with van der Waals surface area (Å²) >= 11 is 0. The summed E-state index contributed by atoms with van der Waals surface area (Å²) in [5.74, 6) is 1.81. The average molecular weight is 427 g/mol. The van der Waals surface area contributed by atoms with E-state index in [1.165, 1.54) is 11.3 Å². The molecule has 0 spiro atoms. The molecule has 3 rings (SSSR count). The summed E-state index contributed by atoms with van der Waals surface area (Å²) in [4.78, 5) is 7.35. The van der Waals surface area contributed by atoms with Gasteiger partial charge in [0.1, 0.15) is 5.75 Å². The van der Waals surface area contributed by atoms with Gasteiger partial charge in [-0.1, -0.05) is 26.0 Å². The number of methoxy groups -OCH3 is 1. The second-order valence-corrected chi connectivity index (χ2v) is 8.00. The fourth-order valence-corrected chi connectivity index (χ4v) is 4.45. The molecule has 170 valence electrons. The summed E-state index contributed by atoms with van der Waals surface area (Å²) in [5, 5.41) is 11.8. The zero-order valence-electron chi connectivity index (χ0n) is 19.7. The van der Waals surface area contributed by atoms with Crippen LogP contribution >= 0.6 is 0 Å². The Morgan fingerprint density at radius 3 is 2.74 bits per heavy atom. The number of nitrogens with one attached hydrogen (secondary N) is 2. The number of aliphatic imine (C=N–C) groups is 1. The van der Waals surface area contributed by atoms with E-state index in [4.69, 9.17) is 9.73 Å². The lowest BCUT2D eigenvalue weighted by molar-refractivity contribution is 0.408. The van der Waals surface area contributed by atoms with E-state index in [2.05, 4.69) is 53.5 Å². The van der Waals surface area contributed by atoms with Crippen molar-refractivity contribution in [3.63, 3.8) is 0 Å². The number of para-hydroxylation sites is 2. The van der Waals surface area contributed by atoms with Crippen LogP contribution in [0.1, 0.15) is 50.6 Å². The highest BCUT2D eigenvalue weighted by Crippen LogP contribution is 2.29. The van der Waals surface area contributed by atoms with Crippen molar-refractivity contribution in [1.82, 2.24) is 20.4 Å². The van der Waals surface area contributed by atoms with E-state index in [9.17, 15) is 0 Å². The molecule has 7 nitrogen and oxygen atoms in total. The number of benzene rings is 1. The number of rotatable bonds is 8. The van der Waals surface area contributed by atoms with Gasteiger partial charge in [-0.3, -0.25) is 4.68 Å². The molecule has 7 heteroatoms. The molecule has 1 unspecified atom stereocenters. The van der Waals surface area contributed by atoms with E-state index in [-0.39, 0.29) is 0 Å². The Balaban J connectivity index is 1.72. The lowest BCUT2D eigenvalue weighted by Crippen LogP contribution is -2.51. The molecule has 1 aromatic heterocycles. The largest absolute Gasteiger partial charge is 0.495 e. The van der Waals surface area contributed by atoms with Crippen molar-refractivity contribution >= 4 is 11.6 Å². The predicted octanol–water partition coefficient (Wildman–Crippen LogP) is 3.28. The number of hydrogen-bond acceptors (Lipinski definition) is 4. The van der Waals surface area contributed by atoms with Crippen LogP contribution in [0.4, 0.5) is 5.69 Å². The monoisotopic (exact) mass is 426 g/mol. The van der Waals surface area contributed by atoms with Crippen LogP contribution in [0.15, 0.2) is 29.3 Å². The molecule has 1 saturated heterocycles. The molecule has 0 saturated carbocycles. The first kappa shape index (κ1) is 23.0. The van der Waals surface area contributed by atoms with Crippen LogP contribution < -0.4 is 20.3 Å². The maximum Gasteiger partial charge on any atom is 0.191 e. The molecule has 1 aliphatic rings. The molecule has 31 heavy (non-hydrogen) atoms. The first-order valence-corrected chi connectivity index (χ1v) is 11.6. The van der Waals surface area contributed by atoms with Crippen LogP contribution in [-0.4, -0.2) is 48.5 Å². The maximum absolute atomic E-state index is 5.58. The number of piperidine rings is 1. The first-order chi connectivity index (χ1) is 15.1. The molecule has 1 aliphatic heterocycles. The molecule has 2 heterocycles. The highest BCUT2D eigenvalue weighted by atomic mass is 16.5. The fourth-order valence-electron chi connectivity index (χ4n) is 4.45. The number of ether oxygens (including phenoxy) is 1. The lowest BCUT2D eigenvalue weighted by Gasteiger charge is -2.36. The molecule has 0 aliphatic carbocycles. The van der Waals surface area contributed by atoms with Gasteiger partial charge in [0.2, 0.25) is 0 Å². The Hall–Kier alpha value is -2.70. The van der Waals surface area contributed by atoms with Gasteiger partial charge in [0.15, 0.2) is 5.96 Å². The van der Waals surface area contributed by atoms with Crippen LogP contribution in [0, 0.1) is 0 Å². The zero-order chi connectivity index (χ0) is 22.2. The van der Waals surface area contributed by atoms with Crippen LogP contribution in [0.25, 0.3) is 0 Å². The van der Waals surface area contributed by atoms with Gasteiger partial charge < -0.3 is 20.3 Å². The Morgan fingerprint density at radius 2 is 2.03 bits per heavy atom. The number of anilines is 1. The molecular formula is C24H38N6O. The van der Waals surface area contributed by atoms with Crippen molar-refractivity contribution in [2.75, 3.05) is 31.6 Å². The predicted molar refractivity (Wildman–Crippen MR) is 128 cm³/mol. The van der Waals surface area contributed by atoms with E-state index in [0.717, 1.165) is 68.4 Å². The molecule has 0 bridgehead atoms. The summed E-state index contributed by atoms with van der Waals surface area (Å²) in [5.41, 5.74) is 4.85. The minimum absolute atomic E-state index is 0.335. The molecule has 1 aromatic carbocycles. The van der Waals surface area contributed by atoms with E-state index in [1.807, 2.05) is 23.9 Å². The minimum Gasteiger partial charge on any atom is -0.495 e. The first-order valence-electron chi connectivity index (χ1n) is 11.6. The normalized spacial score (nSPS) is 17.0.